The van der Waals surface area contributed by atoms with Crippen LogP contribution in [0.15, 0.2) is 12.1 Å². The molecule has 1 unspecified atom stereocenters. The van der Waals surface area contributed by atoms with Crippen molar-refractivity contribution >= 4 is 45.8 Å². The molecule has 0 fully saturated rings. The van der Waals surface area contributed by atoms with Crippen LogP contribution in [0, 0.1) is 0 Å². The first kappa shape index (κ1) is 10.9. The average molecular weight is 264 g/mol. The highest BCUT2D eigenvalue weighted by molar-refractivity contribution is 6.65. The molecule has 0 radical (unpaired) electrons. The van der Waals surface area contributed by atoms with E-state index in [1.807, 2.05) is 0 Å². The topological polar surface area (TPSA) is 34.1 Å². The highest BCUT2D eigenvalue weighted by Crippen LogP contribution is 2.38. The zero-order chi connectivity index (χ0) is 11.2. The minimum atomic E-state index is -0.580. The van der Waals surface area contributed by atoms with Gasteiger partial charge in [-0.2, -0.15) is 0 Å². The number of carbonyl (C=O) groups excluding carboxylic acids is 2. The van der Waals surface area contributed by atoms with E-state index < -0.39 is 11.2 Å². The first-order chi connectivity index (χ1) is 7.00. The van der Waals surface area contributed by atoms with Crippen molar-refractivity contribution in [3.63, 3.8) is 0 Å². The molecule has 2 nitrogen and oxygen atoms in total. The third-order valence-electron chi connectivity index (χ3n) is 2.43. The third-order valence-corrected chi connectivity index (χ3v) is 3.42. The SMILES string of the molecule is O=C1CC(C(=O)Cl)c2cc(Cl)c(Cl)cc21. The molecule has 2 rings (SSSR count). The number of hydrogen-bond acceptors (Lipinski definition) is 2. The van der Waals surface area contributed by atoms with Gasteiger partial charge >= 0.3 is 0 Å². The molecule has 0 N–H and O–H groups in total. The summed E-state index contributed by atoms with van der Waals surface area (Å²) in [5, 5.41) is 0.0972. The Bertz CT molecular complexity index is 468. The van der Waals surface area contributed by atoms with Crippen LogP contribution in [-0.4, -0.2) is 11.0 Å². The summed E-state index contributed by atoms with van der Waals surface area (Å²) in [6, 6.07) is 3.02. The van der Waals surface area contributed by atoms with Gasteiger partial charge < -0.3 is 0 Å². The molecule has 0 aromatic heterocycles. The Morgan fingerprint density at radius 3 is 2.47 bits per heavy atom. The Kier molecular flexibility index (Phi) is 2.75. The molecule has 15 heavy (non-hydrogen) atoms. The number of fused-ring (bicyclic) bond motifs is 1. The first-order valence-corrected chi connectivity index (χ1v) is 5.35. The highest BCUT2D eigenvalue weighted by atomic mass is 35.5. The van der Waals surface area contributed by atoms with Gasteiger partial charge in [-0.1, -0.05) is 23.2 Å². The van der Waals surface area contributed by atoms with Gasteiger partial charge in [0.2, 0.25) is 5.24 Å². The van der Waals surface area contributed by atoms with Crippen molar-refractivity contribution in [1.82, 2.24) is 0 Å². The van der Waals surface area contributed by atoms with Gasteiger partial charge in [0.1, 0.15) is 0 Å². The predicted molar refractivity (Wildman–Crippen MR) is 59.0 cm³/mol. The van der Waals surface area contributed by atoms with Crippen molar-refractivity contribution in [1.29, 1.82) is 0 Å². The fraction of sp³-hybridized carbons (Fsp3) is 0.200. The van der Waals surface area contributed by atoms with Crippen molar-refractivity contribution in [2.75, 3.05) is 0 Å². The van der Waals surface area contributed by atoms with Crippen molar-refractivity contribution in [2.24, 2.45) is 0 Å². The van der Waals surface area contributed by atoms with E-state index in [2.05, 4.69) is 0 Å². The molecule has 1 aromatic carbocycles. The zero-order valence-corrected chi connectivity index (χ0v) is 9.66. The molecule has 1 aliphatic rings. The van der Waals surface area contributed by atoms with Crippen molar-refractivity contribution in [3.05, 3.63) is 33.3 Å². The fourth-order valence-corrected chi connectivity index (χ4v) is 2.23. The molecule has 0 saturated carbocycles. The summed E-state index contributed by atoms with van der Waals surface area (Å²) in [5.74, 6) is -0.702. The average Bonchev–Trinajstić information content (AvgIpc) is 2.45. The minimum absolute atomic E-state index is 0.105. The smallest absolute Gasteiger partial charge is 0.229 e. The molecule has 0 bridgehead atoms. The van der Waals surface area contributed by atoms with E-state index in [9.17, 15) is 9.59 Å². The van der Waals surface area contributed by atoms with Crippen LogP contribution in [0.1, 0.15) is 28.3 Å². The standard InChI is InChI=1S/C10H5Cl3O2/c11-7-1-4-5(2-8(7)12)9(14)3-6(4)10(13)15/h1-2,6H,3H2. The molecule has 78 valence electrons. The van der Waals surface area contributed by atoms with Crippen LogP contribution in [-0.2, 0) is 4.79 Å². The second-order valence-electron chi connectivity index (χ2n) is 3.34. The van der Waals surface area contributed by atoms with Crippen LogP contribution >= 0.6 is 34.8 Å². The molecule has 5 heteroatoms. The first-order valence-electron chi connectivity index (χ1n) is 4.22. The lowest BCUT2D eigenvalue weighted by molar-refractivity contribution is -0.112. The second-order valence-corrected chi connectivity index (χ2v) is 4.52. The fourth-order valence-electron chi connectivity index (χ4n) is 1.70. The van der Waals surface area contributed by atoms with Crippen molar-refractivity contribution < 1.29 is 9.59 Å². The van der Waals surface area contributed by atoms with Crippen molar-refractivity contribution in [2.45, 2.75) is 12.3 Å². The Labute approximate surface area is 101 Å². The maximum Gasteiger partial charge on any atom is 0.229 e. The summed E-state index contributed by atoms with van der Waals surface area (Å²) >= 11 is 17.0. The van der Waals surface area contributed by atoms with E-state index in [4.69, 9.17) is 34.8 Å². The lowest BCUT2D eigenvalue weighted by Gasteiger charge is -2.05. The Morgan fingerprint density at radius 1 is 1.27 bits per heavy atom. The molecule has 0 heterocycles. The zero-order valence-electron chi connectivity index (χ0n) is 7.39. The lowest BCUT2D eigenvalue weighted by atomic mass is 10.0. The van der Waals surface area contributed by atoms with E-state index in [1.54, 1.807) is 0 Å². The van der Waals surface area contributed by atoms with Gasteiger partial charge in [0.25, 0.3) is 0 Å². The quantitative estimate of drug-likeness (QED) is 0.728. The molecule has 0 saturated heterocycles. The molecule has 0 amide bonds. The maximum absolute atomic E-state index is 11.5. The minimum Gasteiger partial charge on any atom is -0.294 e. The van der Waals surface area contributed by atoms with E-state index in [0.29, 0.717) is 21.2 Å². The summed E-state index contributed by atoms with van der Waals surface area (Å²) in [5.41, 5.74) is 1.03. The molecule has 1 aromatic rings. The van der Waals surface area contributed by atoms with Gasteiger partial charge in [-0.25, -0.2) is 0 Å². The molecule has 1 atom stereocenters. The Hall–Kier alpha value is -0.570. The lowest BCUT2D eigenvalue weighted by Crippen LogP contribution is -2.02. The normalized spacial score (nSPS) is 19.1. The van der Waals surface area contributed by atoms with Gasteiger partial charge in [0.15, 0.2) is 5.78 Å². The van der Waals surface area contributed by atoms with E-state index >= 15 is 0 Å². The van der Waals surface area contributed by atoms with Gasteiger partial charge in [-0.3, -0.25) is 9.59 Å². The number of hydrogen-bond donors (Lipinski definition) is 0. The van der Waals surface area contributed by atoms with E-state index in [1.165, 1.54) is 12.1 Å². The highest BCUT2D eigenvalue weighted by Gasteiger charge is 2.34. The van der Waals surface area contributed by atoms with E-state index in [-0.39, 0.29) is 12.2 Å². The van der Waals surface area contributed by atoms with Crippen molar-refractivity contribution in [3.8, 4) is 0 Å². The number of Topliss-reactive ketones (excluding diaryl/α,β-unsaturated/α-hetero) is 1. The van der Waals surface area contributed by atoms with Gasteiger partial charge in [0, 0.05) is 12.0 Å². The largest absolute Gasteiger partial charge is 0.294 e. The van der Waals surface area contributed by atoms with Crippen LogP contribution in [0.5, 0.6) is 0 Å². The third kappa shape index (κ3) is 1.78. The summed E-state index contributed by atoms with van der Waals surface area (Å²) in [4.78, 5) is 22.6. The number of ketones is 1. The summed E-state index contributed by atoms with van der Waals surface area (Å²) in [7, 11) is 0. The molecule has 1 aliphatic carbocycles. The van der Waals surface area contributed by atoms with Crippen LogP contribution in [0.25, 0.3) is 0 Å². The molecular weight excluding hydrogens is 258 g/mol. The summed E-state index contributed by atoms with van der Waals surface area (Å²) in [6.07, 6.45) is 0.105. The second kappa shape index (κ2) is 3.78. The Balaban J connectivity index is 2.61. The number of carbonyl (C=O) groups is 2. The number of rotatable bonds is 1. The maximum atomic E-state index is 11.5. The molecule has 0 spiro atoms. The van der Waals surface area contributed by atoms with Crippen LogP contribution < -0.4 is 0 Å². The number of benzene rings is 1. The monoisotopic (exact) mass is 262 g/mol. The van der Waals surface area contributed by atoms with Crippen LogP contribution in [0.4, 0.5) is 0 Å². The Morgan fingerprint density at radius 2 is 1.87 bits per heavy atom. The predicted octanol–water partition coefficient (Wildman–Crippen LogP) is 3.43. The summed E-state index contributed by atoms with van der Waals surface area (Å²) in [6.45, 7) is 0. The van der Waals surface area contributed by atoms with Gasteiger partial charge in [-0.05, 0) is 29.3 Å². The summed E-state index contributed by atoms with van der Waals surface area (Å²) < 4.78 is 0. The van der Waals surface area contributed by atoms with Gasteiger partial charge in [-0.15, -0.1) is 0 Å². The van der Waals surface area contributed by atoms with Gasteiger partial charge in [0.05, 0.1) is 16.0 Å². The van der Waals surface area contributed by atoms with E-state index in [0.717, 1.165) is 0 Å². The number of halogens is 3. The van der Waals surface area contributed by atoms with Crippen LogP contribution in [0.2, 0.25) is 10.0 Å². The molecular formula is C10H5Cl3O2. The van der Waals surface area contributed by atoms with Crippen LogP contribution in [0.3, 0.4) is 0 Å². The molecule has 0 aliphatic heterocycles.